The van der Waals surface area contributed by atoms with Crippen molar-refractivity contribution < 1.29 is 4.79 Å². The fourth-order valence-electron chi connectivity index (χ4n) is 3.24. The van der Waals surface area contributed by atoms with E-state index in [1.807, 2.05) is 16.5 Å². The van der Waals surface area contributed by atoms with E-state index < -0.39 is 0 Å². The number of hydrogen-bond acceptors (Lipinski definition) is 4. The lowest BCUT2D eigenvalue weighted by Gasteiger charge is -2.31. The highest BCUT2D eigenvalue weighted by Gasteiger charge is 2.23. The summed E-state index contributed by atoms with van der Waals surface area (Å²) in [5.41, 5.74) is 1.66. The molecule has 1 aliphatic heterocycles. The highest BCUT2D eigenvalue weighted by molar-refractivity contribution is 6.31. The zero-order valence-electron chi connectivity index (χ0n) is 15.5. The number of carbonyl (C=O) groups is 1. The van der Waals surface area contributed by atoms with Crippen molar-refractivity contribution in [3.05, 3.63) is 35.1 Å². The predicted octanol–water partition coefficient (Wildman–Crippen LogP) is 2.97. The van der Waals surface area contributed by atoms with Gasteiger partial charge in [0, 0.05) is 31.3 Å². The van der Waals surface area contributed by atoms with Crippen LogP contribution in [0.4, 0.5) is 0 Å². The molecule has 26 heavy (non-hydrogen) atoms. The second-order valence-electron chi connectivity index (χ2n) is 7.13. The fraction of sp³-hybridized carbons (Fsp3) is 0.556. The molecule has 0 aliphatic carbocycles. The smallest absolute Gasteiger partial charge is 0.246 e. The number of piperidine rings is 1. The summed E-state index contributed by atoms with van der Waals surface area (Å²) in [6.45, 7) is 8.35. The van der Waals surface area contributed by atoms with Gasteiger partial charge in [-0.1, -0.05) is 25.4 Å². The number of nitrogens with zero attached hydrogens (tertiary/aromatic N) is 6. The second kappa shape index (κ2) is 8.03. The van der Waals surface area contributed by atoms with Crippen LogP contribution in [-0.4, -0.2) is 48.4 Å². The molecule has 0 aromatic carbocycles. The summed E-state index contributed by atoms with van der Waals surface area (Å²) in [5.74, 6) is 0.464. The average molecular weight is 377 g/mol. The molecule has 1 aliphatic rings. The number of halogens is 1. The maximum Gasteiger partial charge on any atom is 0.246 e. The molecule has 2 aromatic heterocycles. The first-order chi connectivity index (χ1) is 12.5. The van der Waals surface area contributed by atoms with Gasteiger partial charge >= 0.3 is 0 Å². The number of amides is 1. The lowest BCUT2D eigenvalue weighted by atomic mass is 10.1. The van der Waals surface area contributed by atoms with E-state index in [9.17, 15) is 4.79 Å². The van der Waals surface area contributed by atoms with Crippen LogP contribution in [0.2, 0.25) is 5.15 Å². The Morgan fingerprint density at radius 1 is 1.38 bits per heavy atom. The minimum atomic E-state index is 0.00844. The lowest BCUT2D eigenvalue weighted by Crippen LogP contribution is -2.38. The summed E-state index contributed by atoms with van der Waals surface area (Å²) in [6, 6.07) is 0.316. The monoisotopic (exact) mass is 376 g/mol. The number of hydrogen-bond donors (Lipinski definition) is 0. The molecular weight excluding hydrogens is 352 g/mol. The van der Waals surface area contributed by atoms with E-state index in [0.717, 1.165) is 30.6 Å². The lowest BCUT2D eigenvalue weighted by molar-refractivity contribution is -0.127. The van der Waals surface area contributed by atoms with Crippen LogP contribution in [0.15, 0.2) is 18.7 Å². The van der Waals surface area contributed by atoms with E-state index >= 15 is 0 Å². The number of aryl methyl sites for hydroxylation is 1. The van der Waals surface area contributed by atoms with Crippen LogP contribution in [0, 0.1) is 12.8 Å². The van der Waals surface area contributed by atoms with Crippen LogP contribution in [-0.2, 0) is 11.3 Å². The molecule has 3 heterocycles. The van der Waals surface area contributed by atoms with Gasteiger partial charge in [0.25, 0.3) is 0 Å². The number of aromatic nitrogens is 5. The Kier molecular flexibility index (Phi) is 5.76. The normalized spacial score (nSPS) is 16.1. The average Bonchev–Trinajstić information content (AvgIpc) is 3.23. The Morgan fingerprint density at radius 2 is 2.12 bits per heavy atom. The van der Waals surface area contributed by atoms with Gasteiger partial charge in [0.15, 0.2) is 0 Å². The fourth-order valence-corrected chi connectivity index (χ4v) is 3.55. The van der Waals surface area contributed by atoms with Gasteiger partial charge in [-0.15, -0.1) is 0 Å². The van der Waals surface area contributed by atoms with Gasteiger partial charge in [-0.3, -0.25) is 9.48 Å². The molecule has 7 nitrogen and oxygen atoms in total. The molecule has 0 radical (unpaired) electrons. The molecule has 0 atom stereocenters. The Morgan fingerprint density at radius 3 is 2.73 bits per heavy atom. The number of likely N-dealkylation sites (tertiary alicyclic amines) is 1. The maximum absolute atomic E-state index is 12.5. The quantitative estimate of drug-likeness (QED) is 0.752. The largest absolute Gasteiger partial charge is 0.339 e. The second-order valence-corrected chi connectivity index (χ2v) is 7.49. The molecule has 0 N–H and O–H groups in total. The molecular formula is C18H25ClN6O. The van der Waals surface area contributed by atoms with Crippen LogP contribution in [0.25, 0.3) is 6.08 Å². The SMILES string of the molecule is Cc1nn(CC(C)C)c(Cl)c1/C=C/C(=O)N1CCC(n2cncn2)CC1. The molecule has 140 valence electrons. The number of carbonyl (C=O) groups excluding carboxylic acids is 1. The van der Waals surface area contributed by atoms with Crippen molar-refractivity contribution >= 4 is 23.6 Å². The molecule has 0 unspecified atom stereocenters. The van der Waals surface area contributed by atoms with Crippen molar-refractivity contribution in [1.82, 2.24) is 29.4 Å². The van der Waals surface area contributed by atoms with Gasteiger partial charge in [-0.05, 0) is 31.8 Å². The summed E-state index contributed by atoms with van der Waals surface area (Å²) in [6.07, 6.45) is 8.44. The van der Waals surface area contributed by atoms with Gasteiger partial charge in [0.1, 0.15) is 17.8 Å². The van der Waals surface area contributed by atoms with E-state index in [0.29, 0.717) is 30.2 Å². The summed E-state index contributed by atoms with van der Waals surface area (Å²) < 4.78 is 3.68. The first-order valence-corrected chi connectivity index (χ1v) is 9.37. The summed E-state index contributed by atoms with van der Waals surface area (Å²) in [4.78, 5) is 18.4. The van der Waals surface area contributed by atoms with Gasteiger partial charge in [-0.2, -0.15) is 10.2 Å². The molecule has 8 heteroatoms. The van der Waals surface area contributed by atoms with Crippen LogP contribution in [0.5, 0.6) is 0 Å². The molecule has 1 amide bonds. The van der Waals surface area contributed by atoms with Crippen LogP contribution >= 0.6 is 11.6 Å². The van der Waals surface area contributed by atoms with Gasteiger partial charge in [0.05, 0.1) is 11.7 Å². The van der Waals surface area contributed by atoms with Crippen molar-refractivity contribution in [1.29, 1.82) is 0 Å². The van der Waals surface area contributed by atoms with E-state index in [2.05, 4.69) is 29.0 Å². The highest BCUT2D eigenvalue weighted by atomic mass is 35.5. The first kappa shape index (κ1) is 18.6. The Hall–Kier alpha value is -2.15. The van der Waals surface area contributed by atoms with Crippen molar-refractivity contribution in [3.63, 3.8) is 0 Å². The van der Waals surface area contributed by atoms with Crippen molar-refractivity contribution in [3.8, 4) is 0 Å². The molecule has 0 bridgehead atoms. The molecule has 0 spiro atoms. The maximum atomic E-state index is 12.5. The van der Waals surface area contributed by atoms with Crippen LogP contribution in [0.1, 0.15) is 44.0 Å². The zero-order chi connectivity index (χ0) is 18.7. The van der Waals surface area contributed by atoms with Crippen molar-refractivity contribution in [2.45, 2.75) is 46.2 Å². The van der Waals surface area contributed by atoms with Crippen molar-refractivity contribution in [2.75, 3.05) is 13.1 Å². The minimum Gasteiger partial charge on any atom is -0.339 e. The van der Waals surface area contributed by atoms with E-state index in [4.69, 9.17) is 11.6 Å². The van der Waals surface area contributed by atoms with Gasteiger partial charge in [0.2, 0.25) is 5.91 Å². The van der Waals surface area contributed by atoms with Crippen molar-refractivity contribution in [2.24, 2.45) is 5.92 Å². The molecule has 1 fully saturated rings. The van der Waals surface area contributed by atoms with Crippen LogP contribution < -0.4 is 0 Å². The topological polar surface area (TPSA) is 68.8 Å². The zero-order valence-corrected chi connectivity index (χ0v) is 16.2. The molecule has 0 saturated carbocycles. The van der Waals surface area contributed by atoms with Crippen LogP contribution in [0.3, 0.4) is 0 Å². The Balaban J connectivity index is 1.61. The van der Waals surface area contributed by atoms with E-state index in [1.165, 1.54) is 0 Å². The molecule has 3 rings (SSSR count). The summed E-state index contributed by atoms with van der Waals surface area (Å²) in [7, 11) is 0. The van der Waals surface area contributed by atoms with Gasteiger partial charge in [-0.25, -0.2) is 9.67 Å². The standard InChI is InChI=1S/C18H25ClN6O/c1-13(2)10-24-18(19)16(14(3)22-24)4-5-17(26)23-8-6-15(7-9-23)25-12-20-11-21-25/h4-5,11-13,15H,6-10H2,1-3H3/b5-4+. The Labute approximate surface area is 158 Å². The summed E-state index contributed by atoms with van der Waals surface area (Å²) >= 11 is 6.43. The third-order valence-corrected chi connectivity index (χ3v) is 5.03. The number of rotatable bonds is 5. The minimum absolute atomic E-state index is 0.00844. The Bertz CT molecular complexity index is 772. The highest BCUT2D eigenvalue weighted by Crippen LogP contribution is 2.24. The molecule has 2 aromatic rings. The predicted molar refractivity (Wildman–Crippen MR) is 101 cm³/mol. The third kappa shape index (κ3) is 4.15. The third-order valence-electron chi connectivity index (χ3n) is 4.63. The first-order valence-electron chi connectivity index (χ1n) is 8.99. The van der Waals surface area contributed by atoms with Gasteiger partial charge < -0.3 is 4.90 Å². The van der Waals surface area contributed by atoms with E-state index in [1.54, 1.807) is 29.5 Å². The molecule has 1 saturated heterocycles. The summed E-state index contributed by atoms with van der Waals surface area (Å²) in [5, 5.41) is 9.25. The van der Waals surface area contributed by atoms with E-state index in [-0.39, 0.29) is 5.91 Å².